The molecule has 1 aromatic rings. The van der Waals surface area contributed by atoms with Crippen molar-refractivity contribution in [2.75, 3.05) is 23.6 Å². The maximum atomic E-state index is 13.4. The zero-order valence-corrected chi connectivity index (χ0v) is 11.8. The number of benzene rings is 1. The van der Waals surface area contributed by atoms with Crippen LogP contribution in [0.5, 0.6) is 0 Å². The highest BCUT2D eigenvalue weighted by Crippen LogP contribution is 2.20. The summed E-state index contributed by atoms with van der Waals surface area (Å²) in [6.45, 7) is 1.80. The molecule has 7 heteroatoms. The quantitative estimate of drug-likeness (QED) is 0.876. The number of hydrogen-bond acceptors (Lipinski definition) is 3. The predicted molar refractivity (Wildman–Crippen MR) is 74.0 cm³/mol. The molecular formula is C13H18F2N2O2S. The Labute approximate surface area is 117 Å². The molecule has 0 spiro atoms. The number of piperidine rings is 1. The lowest BCUT2D eigenvalue weighted by Gasteiger charge is -2.22. The first-order valence-electron chi connectivity index (χ1n) is 6.62. The molecule has 20 heavy (non-hydrogen) atoms. The highest BCUT2D eigenvalue weighted by molar-refractivity contribution is 7.92. The largest absolute Gasteiger partial charge is 0.317 e. The zero-order valence-electron chi connectivity index (χ0n) is 11.0. The van der Waals surface area contributed by atoms with Crippen molar-refractivity contribution in [1.29, 1.82) is 0 Å². The lowest BCUT2D eigenvalue weighted by Crippen LogP contribution is -2.29. The van der Waals surface area contributed by atoms with Gasteiger partial charge in [0.1, 0.15) is 11.6 Å². The molecule has 1 heterocycles. The van der Waals surface area contributed by atoms with Crippen molar-refractivity contribution >= 4 is 15.7 Å². The van der Waals surface area contributed by atoms with Crippen molar-refractivity contribution in [1.82, 2.24) is 5.32 Å². The van der Waals surface area contributed by atoms with Gasteiger partial charge in [0.25, 0.3) is 0 Å². The summed E-state index contributed by atoms with van der Waals surface area (Å²) in [5.41, 5.74) is -0.338. The molecular weight excluding hydrogens is 286 g/mol. The number of rotatable bonds is 5. The highest BCUT2D eigenvalue weighted by atomic mass is 32.2. The third-order valence-corrected chi connectivity index (χ3v) is 4.75. The van der Waals surface area contributed by atoms with Crippen LogP contribution in [-0.4, -0.2) is 27.3 Å². The lowest BCUT2D eigenvalue weighted by molar-refractivity contribution is 0.365. The van der Waals surface area contributed by atoms with Crippen molar-refractivity contribution in [3.05, 3.63) is 29.8 Å². The van der Waals surface area contributed by atoms with Crippen LogP contribution in [0.15, 0.2) is 18.2 Å². The standard InChI is InChI=1S/C13H18F2N2O2S/c14-11-1-2-12(15)13(9-11)17-20(18,19)8-5-10-3-6-16-7-4-10/h1-2,9-10,16-17H,3-8H2. The van der Waals surface area contributed by atoms with E-state index in [1.54, 1.807) is 0 Å². The van der Waals surface area contributed by atoms with Crippen LogP contribution >= 0.6 is 0 Å². The minimum atomic E-state index is -3.65. The Balaban J connectivity index is 1.94. The number of halogens is 2. The summed E-state index contributed by atoms with van der Waals surface area (Å²) < 4.78 is 52.3. The summed E-state index contributed by atoms with van der Waals surface area (Å²) in [6, 6.07) is 2.69. The van der Waals surface area contributed by atoms with Crippen LogP contribution in [0.25, 0.3) is 0 Å². The molecule has 0 atom stereocenters. The summed E-state index contributed by atoms with van der Waals surface area (Å²) in [5.74, 6) is -1.17. The molecule has 1 aromatic carbocycles. The Morgan fingerprint density at radius 3 is 2.65 bits per heavy atom. The molecule has 0 saturated carbocycles. The first-order valence-corrected chi connectivity index (χ1v) is 8.28. The Morgan fingerprint density at radius 2 is 1.95 bits per heavy atom. The molecule has 1 aliphatic rings. The third kappa shape index (κ3) is 4.42. The number of hydrogen-bond donors (Lipinski definition) is 2. The second-order valence-corrected chi connectivity index (χ2v) is 6.87. The lowest BCUT2D eigenvalue weighted by atomic mass is 9.96. The second kappa shape index (κ2) is 6.49. The molecule has 0 radical (unpaired) electrons. The maximum Gasteiger partial charge on any atom is 0.232 e. The van der Waals surface area contributed by atoms with Crippen molar-refractivity contribution in [2.24, 2.45) is 5.92 Å². The van der Waals surface area contributed by atoms with E-state index in [0.29, 0.717) is 12.3 Å². The summed E-state index contributed by atoms with van der Waals surface area (Å²) >= 11 is 0. The van der Waals surface area contributed by atoms with Crippen molar-refractivity contribution in [2.45, 2.75) is 19.3 Å². The average molecular weight is 304 g/mol. The van der Waals surface area contributed by atoms with Gasteiger partial charge in [-0.2, -0.15) is 0 Å². The average Bonchev–Trinajstić information content (AvgIpc) is 2.42. The van der Waals surface area contributed by atoms with Crippen LogP contribution in [0.4, 0.5) is 14.5 Å². The fourth-order valence-corrected chi connectivity index (χ4v) is 3.52. The molecule has 2 N–H and O–H groups in total. The predicted octanol–water partition coefficient (Wildman–Crippen LogP) is 2.10. The molecule has 0 amide bonds. The number of nitrogens with one attached hydrogen (secondary N) is 2. The maximum absolute atomic E-state index is 13.4. The molecule has 1 fully saturated rings. The second-order valence-electron chi connectivity index (χ2n) is 5.03. The van der Waals surface area contributed by atoms with Crippen LogP contribution in [0, 0.1) is 17.6 Å². The molecule has 0 unspecified atom stereocenters. The summed E-state index contributed by atoms with van der Waals surface area (Å²) in [6.07, 6.45) is 2.43. The Hall–Kier alpha value is -1.21. The molecule has 2 rings (SSSR count). The topological polar surface area (TPSA) is 58.2 Å². The Morgan fingerprint density at radius 1 is 1.25 bits per heavy atom. The molecule has 1 aliphatic heterocycles. The minimum Gasteiger partial charge on any atom is -0.317 e. The van der Waals surface area contributed by atoms with E-state index in [1.807, 2.05) is 0 Å². The van der Waals surface area contributed by atoms with E-state index in [1.165, 1.54) is 0 Å². The van der Waals surface area contributed by atoms with Crippen LogP contribution < -0.4 is 10.0 Å². The van der Waals surface area contributed by atoms with Gasteiger partial charge in [0, 0.05) is 6.07 Å². The van der Waals surface area contributed by atoms with Crippen LogP contribution in [-0.2, 0) is 10.0 Å². The smallest absolute Gasteiger partial charge is 0.232 e. The molecule has 0 aliphatic carbocycles. The fourth-order valence-electron chi connectivity index (χ4n) is 2.29. The van der Waals surface area contributed by atoms with E-state index in [4.69, 9.17) is 0 Å². The van der Waals surface area contributed by atoms with Gasteiger partial charge in [0.2, 0.25) is 10.0 Å². The number of anilines is 1. The number of sulfonamides is 1. The SMILES string of the molecule is O=S(=O)(CCC1CCNCC1)Nc1cc(F)ccc1F. The molecule has 0 aromatic heterocycles. The van der Waals surface area contributed by atoms with Gasteiger partial charge in [-0.3, -0.25) is 4.72 Å². The zero-order chi connectivity index (χ0) is 14.6. The Bertz CT molecular complexity index is 557. The fraction of sp³-hybridized carbons (Fsp3) is 0.538. The van der Waals surface area contributed by atoms with Gasteiger partial charge >= 0.3 is 0 Å². The monoisotopic (exact) mass is 304 g/mol. The third-order valence-electron chi connectivity index (χ3n) is 3.45. The van der Waals surface area contributed by atoms with Gasteiger partial charge < -0.3 is 5.32 Å². The van der Waals surface area contributed by atoms with Crippen LogP contribution in [0.1, 0.15) is 19.3 Å². The molecule has 0 bridgehead atoms. The van der Waals surface area contributed by atoms with Gasteiger partial charge in [0.05, 0.1) is 11.4 Å². The van der Waals surface area contributed by atoms with Crippen molar-refractivity contribution < 1.29 is 17.2 Å². The Kier molecular flexibility index (Phi) is 4.93. The van der Waals surface area contributed by atoms with E-state index in [-0.39, 0.29) is 11.4 Å². The van der Waals surface area contributed by atoms with Gasteiger partial charge in [-0.25, -0.2) is 17.2 Å². The molecule has 112 valence electrons. The van der Waals surface area contributed by atoms with E-state index in [2.05, 4.69) is 10.0 Å². The van der Waals surface area contributed by atoms with E-state index in [0.717, 1.165) is 44.1 Å². The van der Waals surface area contributed by atoms with Gasteiger partial charge in [-0.15, -0.1) is 0 Å². The van der Waals surface area contributed by atoms with Crippen molar-refractivity contribution in [3.8, 4) is 0 Å². The van der Waals surface area contributed by atoms with Gasteiger partial charge in [-0.05, 0) is 50.4 Å². The highest BCUT2D eigenvalue weighted by Gasteiger charge is 2.19. The van der Waals surface area contributed by atoms with E-state index >= 15 is 0 Å². The first kappa shape index (κ1) is 15.2. The van der Waals surface area contributed by atoms with E-state index < -0.39 is 21.7 Å². The summed E-state index contributed by atoms with van der Waals surface area (Å²) in [5, 5.41) is 3.21. The molecule has 1 saturated heterocycles. The van der Waals surface area contributed by atoms with Gasteiger partial charge in [-0.1, -0.05) is 0 Å². The van der Waals surface area contributed by atoms with Crippen LogP contribution in [0.2, 0.25) is 0 Å². The molecule has 4 nitrogen and oxygen atoms in total. The van der Waals surface area contributed by atoms with Gasteiger partial charge in [0.15, 0.2) is 0 Å². The van der Waals surface area contributed by atoms with E-state index in [9.17, 15) is 17.2 Å². The van der Waals surface area contributed by atoms with Crippen molar-refractivity contribution in [3.63, 3.8) is 0 Å². The normalized spacial score (nSPS) is 17.1. The van der Waals surface area contributed by atoms with Crippen LogP contribution in [0.3, 0.4) is 0 Å². The first-order chi connectivity index (χ1) is 9.46. The minimum absolute atomic E-state index is 0.0758. The summed E-state index contributed by atoms with van der Waals surface area (Å²) in [4.78, 5) is 0. The summed E-state index contributed by atoms with van der Waals surface area (Å²) in [7, 11) is -3.65.